The third-order valence-electron chi connectivity index (χ3n) is 2.28. The number of aromatic nitrogens is 2. The van der Waals surface area contributed by atoms with Gasteiger partial charge >= 0.3 is 0 Å². The minimum atomic E-state index is -0.346. The van der Waals surface area contributed by atoms with Crippen LogP contribution in [0.3, 0.4) is 0 Å². The van der Waals surface area contributed by atoms with E-state index >= 15 is 0 Å². The lowest BCUT2D eigenvalue weighted by atomic mass is 10.3. The van der Waals surface area contributed by atoms with E-state index in [9.17, 15) is 9.59 Å². The maximum absolute atomic E-state index is 11.9. The third-order valence-corrected chi connectivity index (χ3v) is 4.31. The maximum atomic E-state index is 11.9. The molecule has 1 amide bonds. The fraction of sp³-hybridized carbons (Fsp3) is 0.0833. The molecule has 0 unspecified atom stereocenters. The Bertz CT molecular complexity index is 735. The van der Waals surface area contributed by atoms with Crippen LogP contribution in [0.2, 0.25) is 0 Å². The largest absolute Gasteiger partial charge is 0.383 e. The summed E-state index contributed by atoms with van der Waals surface area (Å²) in [4.78, 5) is 29.5. The number of nitrogens with zero attached hydrogens (tertiary/aromatic N) is 1. The van der Waals surface area contributed by atoms with Crippen LogP contribution in [0, 0.1) is 0 Å². The van der Waals surface area contributed by atoms with Crippen molar-refractivity contribution in [3.05, 3.63) is 43.6 Å². The zero-order valence-electron chi connectivity index (χ0n) is 10.5. The minimum Gasteiger partial charge on any atom is -0.383 e. The summed E-state index contributed by atoms with van der Waals surface area (Å²) in [6.07, 6.45) is 0. The maximum Gasteiger partial charge on any atom is 0.253 e. The second-order valence-electron chi connectivity index (χ2n) is 3.94. The van der Waals surface area contributed by atoms with Crippen LogP contribution in [-0.4, -0.2) is 21.6 Å². The van der Waals surface area contributed by atoms with Crippen molar-refractivity contribution in [3.8, 4) is 0 Å². The van der Waals surface area contributed by atoms with E-state index in [1.807, 2.05) is 12.1 Å². The van der Waals surface area contributed by atoms with E-state index < -0.39 is 0 Å². The molecule has 0 saturated carbocycles. The van der Waals surface area contributed by atoms with Crippen molar-refractivity contribution in [1.29, 1.82) is 0 Å². The monoisotopic (exact) mass is 432 g/mol. The molecule has 6 nitrogen and oxygen atoms in total. The quantitative estimate of drug-likeness (QED) is 0.508. The summed E-state index contributed by atoms with van der Waals surface area (Å²) >= 11 is 7.80. The van der Waals surface area contributed by atoms with Gasteiger partial charge in [0.2, 0.25) is 5.91 Å². The number of aromatic amines is 1. The molecule has 0 bridgehead atoms. The molecule has 0 atom stereocenters. The molecule has 0 spiro atoms. The lowest BCUT2D eigenvalue weighted by Crippen LogP contribution is -2.16. The Morgan fingerprint density at radius 2 is 2.14 bits per heavy atom. The number of H-pyrrole nitrogens is 1. The standard InChI is InChI=1S/C12H10Br2N4O2S/c13-6-1-2-8(7(14)3-6)16-11(20)5-21-12-17-9(15)4-10(19)18-12/h1-4H,5H2,(H,16,20)(H3,15,17,18,19). The van der Waals surface area contributed by atoms with Gasteiger partial charge in [-0.2, -0.15) is 0 Å². The average molecular weight is 434 g/mol. The second-order valence-corrected chi connectivity index (χ2v) is 6.67. The smallest absolute Gasteiger partial charge is 0.253 e. The van der Waals surface area contributed by atoms with E-state index in [1.54, 1.807) is 6.07 Å². The number of carbonyl (C=O) groups excluding carboxylic acids is 1. The van der Waals surface area contributed by atoms with Gasteiger partial charge in [0.05, 0.1) is 11.4 Å². The number of hydrogen-bond acceptors (Lipinski definition) is 5. The van der Waals surface area contributed by atoms with E-state index in [2.05, 4.69) is 47.1 Å². The number of benzene rings is 1. The first-order valence-electron chi connectivity index (χ1n) is 5.68. The van der Waals surface area contributed by atoms with Gasteiger partial charge in [-0.1, -0.05) is 27.7 Å². The van der Waals surface area contributed by atoms with Gasteiger partial charge in [0.15, 0.2) is 5.16 Å². The van der Waals surface area contributed by atoms with Crippen molar-refractivity contribution in [2.45, 2.75) is 5.16 Å². The van der Waals surface area contributed by atoms with Gasteiger partial charge in [0.1, 0.15) is 5.82 Å². The number of carbonyl (C=O) groups is 1. The molecule has 0 aliphatic carbocycles. The van der Waals surface area contributed by atoms with Crippen LogP contribution in [0.4, 0.5) is 11.5 Å². The van der Waals surface area contributed by atoms with Gasteiger partial charge < -0.3 is 16.0 Å². The number of thioether (sulfide) groups is 1. The van der Waals surface area contributed by atoms with E-state index in [4.69, 9.17) is 5.73 Å². The number of amides is 1. The lowest BCUT2D eigenvalue weighted by Gasteiger charge is -2.07. The number of nitrogen functional groups attached to an aromatic ring is 1. The summed E-state index contributed by atoms with van der Waals surface area (Å²) in [5, 5.41) is 3.07. The van der Waals surface area contributed by atoms with Crippen LogP contribution in [0.25, 0.3) is 0 Å². The fourth-order valence-corrected chi connectivity index (χ4v) is 3.26. The molecule has 0 saturated heterocycles. The summed E-state index contributed by atoms with van der Waals surface area (Å²) < 4.78 is 1.67. The van der Waals surface area contributed by atoms with Crippen LogP contribution in [0.1, 0.15) is 0 Å². The average Bonchev–Trinajstić information content (AvgIpc) is 2.39. The molecule has 110 valence electrons. The Labute approximate surface area is 141 Å². The molecule has 1 aromatic carbocycles. The van der Waals surface area contributed by atoms with E-state index in [1.165, 1.54) is 6.07 Å². The number of halogens is 2. The van der Waals surface area contributed by atoms with Crippen molar-refractivity contribution in [2.75, 3.05) is 16.8 Å². The molecule has 2 rings (SSSR count). The topological polar surface area (TPSA) is 101 Å². The molecule has 0 aliphatic heterocycles. The Hall–Kier alpha value is -1.32. The summed E-state index contributed by atoms with van der Waals surface area (Å²) in [5.41, 5.74) is 5.79. The zero-order chi connectivity index (χ0) is 15.4. The molecular weight excluding hydrogens is 424 g/mol. The third kappa shape index (κ3) is 4.87. The number of nitrogens with one attached hydrogen (secondary N) is 2. The van der Waals surface area contributed by atoms with Crippen molar-refractivity contribution in [2.24, 2.45) is 0 Å². The SMILES string of the molecule is Nc1cc(=O)[nH]c(SCC(=O)Nc2ccc(Br)cc2Br)n1. The first kappa shape index (κ1) is 16.1. The Morgan fingerprint density at radius 3 is 2.81 bits per heavy atom. The van der Waals surface area contributed by atoms with E-state index in [-0.39, 0.29) is 23.0 Å². The molecule has 0 aliphatic rings. The highest BCUT2D eigenvalue weighted by Crippen LogP contribution is 2.26. The Balaban J connectivity index is 1.97. The first-order chi connectivity index (χ1) is 9.94. The second kappa shape index (κ2) is 7.10. The predicted molar refractivity (Wildman–Crippen MR) is 90.5 cm³/mol. The highest BCUT2D eigenvalue weighted by molar-refractivity contribution is 9.11. The summed E-state index contributed by atoms with van der Waals surface area (Å²) in [7, 11) is 0. The highest BCUT2D eigenvalue weighted by Gasteiger charge is 2.08. The molecule has 4 N–H and O–H groups in total. The van der Waals surface area contributed by atoms with Crippen LogP contribution < -0.4 is 16.6 Å². The number of hydrogen-bond donors (Lipinski definition) is 3. The number of anilines is 2. The molecule has 1 aromatic heterocycles. The molecule has 0 radical (unpaired) electrons. The minimum absolute atomic E-state index is 0.106. The zero-order valence-corrected chi connectivity index (χ0v) is 14.5. The first-order valence-corrected chi connectivity index (χ1v) is 8.26. The molecular formula is C12H10Br2N4O2S. The lowest BCUT2D eigenvalue weighted by molar-refractivity contribution is -0.113. The highest BCUT2D eigenvalue weighted by atomic mass is 79.9. The number of rotatable bonds is 4. The molecule has 2 aromatic rings. The summed E-state index contributed by atoms with van der Waals surface area (Å²) in [5.74, 6) is 0.0138. The van der Waals surface area contributed by atoms with Crippen molar-refractivity contribution >= 4 is 61.0 Å². The summed E-state index contributed by atoms with van der Waals surface area (Å²) in [6, 6.07) is 6.62. The number of nitrogens with two attached hydrogens (primary N) is 1. The molecule has 1 heterocycles. The van der Waals surface area contributed by atoms with Crippen LogP contribution >= 0.6 is 43.6 Å². The Morgan fingerprint density at radius 1 is 1.38 bits per heavy atom. The van der Waals surface area contributed by atoms with Crippen LogP contribution in [0.15, 0.2) is 43.2 Å². The van der Waals surface area contributed by atoms with Crippen molar-refractivity contribution in [3.63, 3.8) is 0 Å². The Kier molecular flexibility index (Phi) is 5.43. The molecule has 21 heavy (non-hydrogen) atoms. The van der Waals surface area contributed by atoms with Crippen LogP contribution in [0.5, 0.6) is 0 Å². The predicted octanol–water partition coefficient (Wildman–Crippen LogP) is 2.61. The van der Waals surface area contributed by atoms with Gasteiger partial charge in [-0.3, -0.25) is 9.59 Å². The van der Waals surface area contributed by atoms with Crippen molar-refractivity contribution < 1.29 is 4.79 Å². The van der Waals surface area contributed by atoms with E-state index in [0.717, 1.165) is 20.7 Å². The van der Waals surface area contributed by atoms with Gasteiger partial charge in [-0.15, -0.1) is 0 Å². The van der Waals surface area contributed by atoms with Gasteiger partial charge in [0.25, 0.3) is 5.56 Å². The van der Waals surface area contributed by atoms with Gasteiger partial charge in [-0.05, 0) is 34.1 Å². The summed E-state index contributed by atoms with van der Waals surface area (Å²) in [6.45, 7) is 0. The van der Waals surface area contributed by atoms with Gasteiger partial charge in [-0.25, -0.2) is 4.98 Å². The molecule has 0 fully saturated rings. The fourth-order valence-electron chi connectivity index (χ4n) is 1.43. The molecule has 9 heteroatoms. The van der Waals surface area contributed by atoms with E-state index in [0.29, 0.717) is 10.8 Å². The van der Waals surface area contributed by atoms with Crippen LogP contribution in [-0.2, 0) is 4.79 Å². The van der Waals surface area contributed by atoms with Gasteiger partial charge in [0, 0.05) is 15.0 Å². The normalized spacial score (nSPS) is 10.4. The van der Waals surface area contributed by atoms with Crippen molar-refractivity contribution in [1.82, 2.24) is 9.97 Å².